The molecule has 2 rings (SSSR count). The van der Waals surface area contributed by atoms with Gasteiger partial charge in [-0.3, -0.25) is 4.98 Å². The number of nitrogens with zero attached hydrogens (tertiary/aromatic N) is 2. The van der Waals surface area contributed by atoms with Crippen LogP contribution in [-0.2, 0) is 6.42 Å². The molecule has 2 aromatic rings. The zero-order valence-corrected chi connectivity index (χ0v) is 13.6. The first-order valence-electron chi connectivity index (χ1n) is 6.85. The Morgan fingerprint density at radius 3 is 2.58 bits per heavy atom. The summed E-state index contributed by atoms with van der Waals surface area (Å²) in [5, 5.41) is 2.44. The third-order valence-electron chi connectivity index (χ3n) is 2.95. The van der Waals surface area contributed by atoms with Crippen molar-refractivity contribution in [3.8, 4) is 0 Å². The van der Waals surface area contributed by atoms with Crippen molar-refractivity contribution >= 4 is 34.7 Å². The third-order valence-corrected chi connectivity index (χ3v) is 5.47. The van der Waals surface area contributed by atoms with Gasteiger partial charge in [0.15, 0.2) is 7.28 Å². The molecule has 0 aliphatic rings. The smallest absolute Gasteiger partial charge is 0.179 e. The van der Waals surface area contributed by atoms with Crippen molar-refractivity contribution in [3.63, 3.8) is 0 Å². The lowest BCUT2D eigenvalue weighted by atomic mass is 9.65. The van der Waals surface area contributed by atoms with Gasteiger partial charge < -0.3 is 0 Å². The van der Waals surface area contributed by atoms with E-state index in [9.17, 15) is 0 Å². The van der Waals surface area contributed by atoms with Crippen molar-refractivity contribution in [3.05, 3.63) is 27.3 Å². The molecule has 0 aliphatic carbocycles. The molecule has 0 saturated carbocycles. The molecule has 1 unspecified atom stereocenters. The summed E-state index contributed by atoms with van der Waals surface area (Å²) in [6.07, 6.45) is 6.25. The highest BCUT2D eigenvalue weighted by Crippen LogP contribution is 2.26. The lowest BCUT2D eigenvalue weighted by Crippen LogP contribution is -2.16. The van der Waals surface area contributed by atoms with Gasteiger partial charge in [-0.25, -0.2) is 4.98 Å². The molecule has 0 N–H and O–H groups in total. The molecular formula is C14H20BN2S2. The van der Waals surface area contributed by atoms with Gasteiger partial charge in [-0.1, -0.05) is 27.7 Å². The summed E-state index contributed by atoms with van der Waals surface area (Å²) < 4.78 is 1.26. The van der Waals surface area contributed by atoms with E-state index < -0.39 is 0 Å². The molecule has 0 amide bonds. The number of aryl methyl sites for hydroxylation is 1. The molecule has 0 saturated heterocycles. The Kier molecular flexibility index (Phi) is 5.16. The van der Waals surface area contributed by atoms with Crippen molar-refractivity contribution in [1.29, 1.82) is 0 Å². The van der Waals surface area contributed by atoms with Crippen molar-refractivity contribution in [2.75, 3.05) is 0 Å². The Labute approximate surface area is 124 Å². The quantitative estimate of drug-likeness (QED) is 0.757. The number of aromatic nitrogens is 2. The normalized spacial score (nSPS) is 12.9. The topological polar surface area (TPSA) is 25.8 Å². The fourth-order valence-electron chi connectivity index (χ4n) is 1.83. The van der Waals surface area contributed by atoms with E-state index in [2.05, 4.69) is 44.9 Å². The summed E-state index contributed by atoms with van der Waals surface area (Å²) in [6.45, 7) is 8.83. The Bertz CT molecular complexity index is 519. The van der Waals surface area contributed by atoms with Crippen LogP contribution in [0.25, 0.3) is 0 Å². The van der Waals surface area contributed by atoms with Crippen molar-refractivity contribution in [1.82, 2.24) is 9.97 Å². The summed E-state index contributed by atoms with van der Waals surface area (Å²) >= 11 is 3.63. The van der Waals surface area contributed by atoms with Crippen molar-refractivity contribution in [2.45, 2.75) is 52.3 Å². The second-order valence-electron chi connectivity index (χ2n) is 5.12. The van der Waals surface area contributed by atoms with Crippen LogP contribution >= 0.6 is 22.7 Å². The highest BCUT2D eigenvalue weighted by atomic mass is 32.1. The molecule has 2 aromatic heterocycles. The Hall–Kier alpha value is -0.675. The van der Waals surface area contributed by atoms with E-state index in [4.69, 9.17) is 0 Å². The van der Waals surface area contributed by atoms with Crippen molar-refractivity contribution < 1.29 is 0 Å². The lowest BCUT2D eigenvalue weighted by molar-refractivity contribution is 0.885. The Morgan fingerprint density at radius 2 is 1.95 bits per heavy atom. The van der Waals surface area contributed by atoms with E-state index in [1.165, 1.54) is 19.7 Å². The summed E-state index contributed by atoms with van der Waals surface area (Å²) in [5.74, 6) is 0.936. The summed E-state index contributed by atoms with van der Waals surface area (Å²) in [7, 11) is 2.28. The monoisotopic (exact) mass is 291 g/mol. The van der Waals surface area contributed by atoms with Crippen LogP contribution in [0, 0.1) is 0 Å². The van der Waals surface area contributed by atoms with Gasteiger partial charge in [0.1, 0.15) is 0 Å². The maximum atomic E-state index is 4.55. The number of hydrogen-bond acceptors (Lipinski definition) is 4. The van der Waals surface area contributed by atoms with Crippen LogP contribution in [0.5, 0.6) is 0 Å². The number of thiazole rings is 2. The second-order valence-corrected chi connectivity index (χ2v) is 7.36. The minimum absolute atomic E-state index is 0.368. The van der Waals surface area contributed by atoms with Gasteiger partial charge >= 0.3 is 0 Å². The van der Waals surface area contributed by atoms with Gasteiger partial charge in [0, 0.05) is 17.3 Å². The zero-order valence-electron chi connectivity index (χ0n) is 12.0. The molecule has 1 radical (unpaired) electrons. The van der Waals surface area contributed by atoms with E-state index in [0.29, 0.717) is 11.7 Å². The average molecular weight is 291 g/mol. The van der Waals surface area contributed by atoms with Crippen molar-refractivity contribution in [2.24, 2.45) is 0 Å². The molecular weight excluding hydrogens is 271 g/mol. The molecule has 0 spiro atoms. The van der Waals surface area contributed by atoms with Crippen LogP contribution in [0.3, 0.4) is 0 Å². The molecule has 0 fully saturated rings. The SMILES string of the molecule is CCCc1ncc([B]C(C)c2ncc(C(C)C)s2)s1. The van der Waals surface area contributed by atoms with E-state index >= 15 is 0 Å². The van der Waals surface area contributed by atoms with E-state index in [0.717, 1.165) is 12.8 Å². The van der Waals surface area contributed by atoms with Crippen LogP contribution in [0.15, 0.2) is 12.4 Å². The molecule has 0 bridgehead atoms. The first-order chi connectivity index (χ1) is 9.10. The van der Waals surface area contributed by atoms with E-state index in [1.54, 1.807) is 11.3 Å². The lowest BCUT2D eigenvalue weighted by Gasteiger charge is -2.04. The van der Waals surface area contributed by atoms with E-state index in [1.807, 2.05) is 23.7 Å². The molecule has 5 heteroatoms. The predicted molar refractivity (Wildman–Crippen MR) is 86.1 cm³/mol. The fourth-order valence-corrected chi connectivity index (χ4v) is 3.83. The Balaban J connectivity index is 2.00. The molecule has 0 aromatic carbocycles. The minimum atomic E-state index is 0.368. The van der Waals surface area contributed by atoms with E-state index in [-0.39, 0.29) is 0 Å². The van der Waals surface area contributed by atoms with Gasteiger partial charge in [0.2, 0.25) is 0 Å². The zero-order chi connectivity index (χ0) is 13.8. The van der Waals surface area contributed by atoms with Gasteiger partial charge in [-0.05, 0) is 29.4 Å². The largest absolute Gasteiger partial charge is 0.250 e. The summed E-state index contributed by atoms with van der Waals surface area (Å²) in [5.41, 5.74) is 0. The summed E-state index contributed by atoms with van der Waals surface area (Å²) in [6, 6.07) is 0. The third kappa shape index (κ3) is 3.89. The molecule has 0 aliphatic heterocycles. The molecule has 2 heterocycles. The van der Waals surface area contributed by atoms with Crippen LogP contribution in [0.4, 0.5) is 0 Å². The molecule has 101 valence electrons. The minimum Gasteiger partial charge on any atom is -0.250 e. The average Bonchev–Trinajstić information content (AvgIpc) is 2.98. The van der Waals surface area contributed by atoms with Crippen LogP contribution in [0.2, 0.25) is 0 Å². The highest BCUT2D eigenvalue weighted by Gasteiger charge is 2.15. The fraction of sp³-hybridized carbons (Fsp3) is 0.571. The maximum Gasteiger partial charge on any atom is 0.179 e. The van der Waals surface area contributed by atoms with Crippen LogP contribution in [0.1, 0.15) is 60.7 Å². The predicted octanol–water partition coefficient (Wildman–Crippen LogP) is 3.77. The number of hydrogen-bond donors (Lipinski definition) is 0. The molecule has 1 atom stereocenters. The molecule has 19 heavy (non-hydrogen) atoms. The Morgan fingerprint density at radius 1 is 1.16 bits per heavy atom. The van der Waals surface area contributed by atoms with Crippen LogP contribution in [-0.4, -0.2) is 17.2 Å². The standard InChI is InChI=1S/C14H20BN2S2/c1-5-6-13-16-8-12(19-13)15-10(4)14-17-7-11(18-14)9(2)3/h7-10H,5-6H2,1-4H3. The first-order valence-corrected chi connectivity index (χ1v) is 8.48. The van der Waals surface area contributed by atoms with Crippen LogP contribution < -0.4 is 4.78 Å². The number of rotatable bonds is 6. The summed E-state index contributed by atoms with van der Waals surface area (Å²) in [4.78, 5) is 10.4. The first kappa shape index (κ1) is 14.7. The highest BCUT2D eigenvalue weighted by molar-refractivity contribution is 7.21. The molecule has 2 nitrogen and oxygen atoms in total. The van der Waals surface area contributed by atoms with Gasteiger partial charge in [-0.15, -0.1) is 22.7 Å². The maximum absolute atomic E-state index is 4.55. The van der Waals surface area contributed by atoms with Gasteiger partial charge in [0.05, 0.1) is 10.0 Å². The van der Waals surface area contributed by atoms with Gasteiger partial charge in [-0.2, -0.15) is 0 Å². The second kappa shape index (κ2) is 6.66. The van der Waals surface area contributed by atoms with Gasteiger partial charge in [0.25, 0.3) is 0 Å².